The molecule has 6 nitrogen and oxygen atoms in total. The lowest BCUT2D eigenvalue weighted by Gasteiger charge is -2.17. The van der Waals surface area contributed by atoms with Crippen LogP contribution in [0.5, 0.6) is 0 Å². The zero-order chi connectivity index (χ0) is 15.7. The second-order valence-electron chi connectivity index (χ2n) is 4.74. The van der Waals surface area contributed by atoms with Crippen molar-refractivity contribution in [3.8, 4) is 0 Å². The largest absolute Gasteiger partial charge is 0.396 e. The van der Waals surface area contributed by atoms with Crippen molar-refractivity contribution in [1.29, 1.82) is 0 Å². The van der Waals surface area contributed by atoms with Gasteiger partial charge in [-0.15, -0.1) is 0 Å². The second-order valence-corrected chi connectivity index (χ2v) is 6.39. The number of amides is 1. The lowest BCUT2D eigenvalue weighted by atomic mass is 10.1. The monoisotopic (exact) mass is 303 g/mol. The van der Waals surface area contributed by atoms with E-state index in [1.54, 1.807) is 0 Å². The van der Waals surface area contributed by atoms with Crippen LogP contribution in [0.25, 0.3) is 0 Å². The molecule has 1 aromatic rings. The molecular formula is C12H18FN3O3S. The van der Waals surface area contributed by atoms with Gasteiger partial charge in [0.2, 0.25) is 15.9 Å². The summed E-state index contributed by atoms with van der Waals surface area (Å²) in [5.41, 5.74) is 10.7. The van der Waals surface area contributed by atoms with E-state index in [1.165, 1.54) is 20.8 Å². The van der Waals surface area contributed by atoms with E-state index in [2.05, 4.69) is 4.72 Å². The molecule has 0 bridgehead atoms. The lowest BCUT2D eigenvalue weighted by molar-refractivity contribution is -0.118. The molecule has 0 aliphatic rings. The van der Waals surface area contributed by atoms with E-state index in [0.29, 0.717) is 0 Å². The van der Waals surface area contributed by atoms with Gasteiger partial charge in [0, 0.05) is 12.5 Å². The number of halogens is 1. The van der Waals surface area contributed by atoms with E-state index < -0.39 is 27.8 Å². The summed E-state index contributed by atoms with van der Waals surface area (Å²) in [6.07, 6.45) is -0.131. The van der Waals surface area contributed by atoms with Crippen LogP contribution in [0.4, 0.5) is 10.1 Å². The number of rotatable bonds is 5. The number of anilines is 1. The zero-order valence-electron chi connectivity index (χ0n) is 11.5. The Kier molecular flexibility index (Phi) is 4.72. The fourth-order valence-corrected chi connectivity index (χ4v) is 3.74. The molecule has 20 heavy (non-hydrogen) atoms. The Labute approximate surface area is 117 Å². The van der Waals surface area contributed by atoms with Crippen molar-refractivity contribution in [3.63, 3.8) is 0 Å². The first-order valence-corrected chi connectivity index (χ1v) is 7.40. The van der Waals surface area contributed by atoms with Gasteiger partial charge in [-0.2, -0.15) is 0 Å². The van der Waals surface area contributed by atoms with E-state index in [1.807, 2.05) is 0 Å². The smallest absolute Gasteiger partial charge is 0.241 e. The normalized spacial score (nSPS) is 13.2. The van der Waals surface area contributed by atoms with Gasteiger partial charge in [-0.1, -0.05) is 0 Å². The predicted molar refractivity (Wildman–Crippen MR) is 73.9 cm³/mol. The SMILES string of the molecule is Cc1cc(F)c(N)c(C)c1S(=O)(=O)NC(C)CC(N)=O. The summed E-state index contributed by atoms with van der Waals surface area (Å²) < 4.78 is 40.3. The molecule has 0 aliphatic carbocycles. The second kappa shape index (κ2) is 5.76. The van der Waals surface area contributed by atoms with Crippen molar-refractivity contribution in [2.75, 3.05) is 5.73 Å². The van der Waals surface area contributed by atoms with E-state index >= 15 is 0 Å². The molecule has 0 saturated carbocycles. The third kappa shape index (κ3) is 3.45. The van der Waals surface area contributed by atoms with Gasteiger partial charge in [0.25, 0.3) is 0 Å². The maximum Gasteiger partial charge on any atom is 0.241 e. The molecule has 0 heterocycles. The van der Waals surface area contributed by atoms with E-state index in [0.717, 1.165) is 6.07 Å². The van der Waals surface area contributed by atoms with Gasteiger partial charge in [0.1, 0.15) is 5.82 Å². The van der Waals surface area contributed by atoms with Gasteiger partial charge >= 0.3 is 0 Å². The molecule has 1 atom stereocenters. The lowest BCUT2D eigenvalue weighted by Crippen LogP contribution is -2.36. The van der Waals surface area contributed by atoms with Crippen molar-refractivity contribution < 1.29 is 17.6 Å². The first kappa shape index (κ1) is 16.4. The maximum absolute atomic E-state index is 13.4. The first-order valence-electron chi connectivity index (χ1n) is 5.92. The summed E-state index contributed by atoms with van der Waals surface area (Å²) >= 11 is 0. The summed E-state index contributed by atoms with van der Waals surface area (Å²) in [6, 6.07) is 0.401. The van der Waals surface area contributed by atoms with Crippen LogP contribution in [0, 0.1) is 19.7 Å². The van der Waals surface area contributed by atoms with Crippen LogP contribution < -0.4 is 16.2 Å². The fraction of sp³-hybridized carbons (Fsp3) is 0.417. The fourth-order valence-electron chi connectivity index (χ4n) is 2.01. The molecule has 1 amide bonds. The predicted octanol–water partition coefficient (Wildman–Crippen LogP) is 0.567. The van der Waals surface area contributed by atoms with Crippen LogP contribution in [-0.4, -0.2) is 20.4 Å². The van der Waals surface area contributed by atoms with Gasteiger partial charge in [0.15, 0.2) is 0 Å². The Morgan fingerprint density at radius 1 is 1.45 bits per heavy atom. The van der Waals surface area contributed by atoms with Crippen molar-refractivity contribution in [2.45, 2.75) is 38.1 Å². The van der Waals surface area contributed by atoms with Gasteiger partial charge in [-0.05, 0) is 38.0 Å². The van der Waals surface area contributed by atoms with Crippen LogP contribution in [0.3, 0.4) is 0 Å². The number of carbonyl (C=O) groups is 1. The van der Waals surface area contributed by atoms with E-state index in [9.17, 15) is 17.6 Å². The van der Waals surface area contributed by atoms with Crippen LogP contribution in [-0.2, 0) is 14.8 Å². The molecule has 5 N–H and O–H groups in total. The average Bonchev–Trinajstić information content (AvgIpc) is 2.23. The number of nitrogens with two attached hydrogens (primary N) is 2. The Morgan fingerprint density at radius 2 is 2.00 bits per heavy atom. The Balaban J connectivity index is 3.23. The number of hydrogen-bond acceptors (Lipinski definition) is 4. The Bertz CT molecular complexity index is 644. The van der Waals surface area contributed by atoms with Crippen LogP contribution in [0.1, 0.15) is 24.5 Å². The molecule has 8 heteroatoms. The number of nitrogens with one attached hydrogen (secondary N) is 1. The molecule has 1 unspecified atom stereocenters. The first-order chi connectivity index (χ1) is 9.06. The van der Waals surface area contributed by atoms with Crippen LogP contribution >= 0.6 is 0 Å². The van der Waals surface area contributed by atoms with Gasteiger partial charge in [0.05, 0.1) is 10.6 Å². The minimum Gasteiger partial charge on any atom is -0.396 e. The van der Waals surface area contributed by atoms with Crippen molar-refractivity contribution in [2.24, 2.45) is 5.73 Å². The highest BCUT2D eigenvalue weighted by atomic mass is 32.2. The molecule has 0 saturated heterocycles. The summed E-state index contributed by atoms with van der Waals surface area (Å²) in [5.74, 6) is -1.28. The van der Waals surface area contributed by atoms with E-state index in [-0.39, 0.29) is 28.1 Å². The summed E-state index contributed by atoms with van der Waals surface area (Å²) in [4.78, 5) is 10.7. The molecule has 0 fully saturated rings. The molecule has 1 aromatic carbocycles. The van der Waals surface area contributed by atoms with E-state index in [4.69, 9.17) is 11.5 Å². The topological polar surface area (TPSA) is 115 Å². The highest BCUT2D eigenvalue weighted by Crippen LogP contribution is 2.27. The molecule has 1 rings (SSSR count). The number of nitrogen functional groups attached to an aromatic ring is 1. The van der Waals surface area contributed by atoms with Gasteiger partial charge < -0.3 is 11.5 Å². The van der Waals surface area contributed by atoms with Gasteiger partial charge in [-0.25, -0.2) is 17.5 Å². The summed E-state index contributed by atoms with van der Waals surface area (Å²) in [5, 5.41) is 0. The molecular weight excluding hydrogens is 285 g/mol. The Morgan fingerprint density at radius 3 is 2.50 bits per heavy atom. The number of hydrogen-bond donors (Lipinski definition) is 3. The van der Waals surface area contributed by atoms with Crippen molar-refractivity contribution >= 4 is 21.6 Å². The quantitative estimate of drug-likeness (QED) is 0.689. The van der Waals surface area contributed by atoms with Gasteiger partial charge in [-0.3, -0.25) is 4.79 Å². The van der Waals surface area contributed by atoms with Crippen LogP contribution in [0.15, 0.2) is 11.0 Å². The molecule has 112 valence electrons. The standard InChI is InChI=1S/C12H18FN3O3S/c1-6-4-9(13)11(15)8(3)12(6)20(18,19)16-7(2)5-10(14)17/h4,7,16H,5,15H2,1-3H3,(H2,14,17). The molecule has 0 aliphatic heterocycles. The number of sulfonamides is 1. The summed E-state index contributed by atoms with van der Waals surface area (Å²) in [6.45, 7) is 4.42. The number of primary amides is 1. The summed E-state index contributed by atoms with van der Waals surface area (Å²) in [7, 11) is -3.91. The number of aryl methyl sites for hydroxylation is 1. The highest BCUT2D eigenvalue weighted by Gasteiger charge is 2.25. The molecule has 0 radical (unpaired) electrons. The van der Waals surface area contributed by atoms with Crippen molar-refractivity contribution in [1.82, 2.24) is 4.72 Å². The van der Waals surface area contributed by atoms with Crippen LogP contribution in [0.2, 0.25) is 0 Å². The molecule has 0 spiro atoms. The minimum atomic E-state index is -3.91. The van der Waals surface area contributed by atoms with Crippen molar-refractivity contribution in [3.05, 3.63) is 23.0 Å². The number of benzene rings is 1. The highest BCUT2D eigenvalue weighted by molar-refractivity contribution is 7.89. The minimum absolute atomic E-state index is 0.0762. The third-order valence-electron chi connectivity index (χ3n) is 2.84. The average molecular weight is 303 g/mol. The Hall–Kier alpha value is -1.67. The molecule has 0 aromatic heterocycles. The third-order valence-corrected chi connectivity index (χ3v) is 4.71. The number of carbonyl (C=O) groups excluding carboxylic acids is 1. The maximum atomic E-state index is 13.4. The zero-order valence-corrected chi connectivity index (χ0v) is 12.3.